The predicted molar refractivity (Wildman–Crippen MR) is 103 cm³/mol. The summed E-state index contributed by atoms with van der Waals surface area (Å²) in [4.78, 5) is 37.4. The van der Waals surface area contributed by atoms with Crippen LogP contribution < -0.4 is 10.6 Å². The van der Waals surface area contributed by atoms with E-state index in [4.69, 9.17) is 4.74 Å². The Morgan fingerprint density at radius 3 is 2.48 bits per heavy atom. The van der Waals surface area contributed by atoms with Crippen molar-refractivity contribution >= 4 is 23.5 Å². The normalized spacial score (nSPS) is 29.0. The van der Waals surface area contributed by atoms with E-state index >= 15 is 0 Å². The number of nitrogens with zero attached hydrogens (tertiary/aromatic N) is 2. The Kier molecular flexibility index (Phi) is 5.58. The van der Waals surface area contributed by atoms with Gasteiger partial charge in [0.05, 0.1) is 29.7 Å². The molecule has 1 saturated carbocycles. The second-order valence-electron chi connectivity index (χ2n) is 8.22. The Bertz CT molecular complexity index is 801. The summed E-state index contributed by atoms with van der Waals surface area (Å²) < 4.78 is 7.28. The molecule has 4 rings (SSSR count). The van der Waals surface area contributed by atoms with E-state index in [0.717, 1.165) is 25.7 Å². The van der Waals surface area contributed by atoms with Gasteiger partial charge in [-0.25, -0.2) is 0 Å². The molecule has 3 aliphatic rings. The molecule has 2 saturated heterocycles. The van der Waals surface area contributed by atoms with Gasteiger partial charge in [-0.1, -0.05) is 19.3 Å². The van der Waals surface area contributed by atoms with Gasteiger partial charge in [0.15, 0.2) is 5.69 Å². The molecule has 3 heterocycles. The number of carboxylic acids is 1. The van der Waals surface area contributed by atoms with Crippen molar-refractivity contribution in [1.29, 1.82) is 0 Å². The zero-order valence-electron chi connectivity index (χ0n) is 16.6. The standard InChI is InChI=1S/C20H28N4O5/c1-2-24-10-12(17(23-24)19(26)21-11-6-4-3-5-7-11)22-18(25)15-13-8-9-14(29-13)16(15)20(27)28/h10-11,13-16H,2-9H2,1H3,(H,21,26)(H,22,25)(H,27,28)/t13-,14-,15-,16-/m0/s1. The van der Waals surface area contributed by atoms with Crippen LogP contribution in [0.3, 0.4) is 0 Å². The number of aliphatic carboxylic acids is 1. The van der Waals surface area contributed by atoms with Gasteiger partial charge in [0.2, 0.25) is 5.91 Å². The van der Waals surface area contributed by atoms with Crippen LogP contribution in [0.4, 0.5) is 5.69 Å². The lowest BCUT2D eigenvalue weighted by Crippen LogP contribution is -2.41. The molecular formula is C20H28N4O5. The number of aryl methyl sites for hydroxylation is 1. The number of amides is 2. The third kappa shape index (κ3) is 3.88. The molecule has 1 aliphatic carbocycles. The van der Waals surface area contributed by atoms with Crippen LogP contribution in [-0.2, 0) is 20.9 Å². The van der Waals surface area contributed by atoms with Crippen molar-refractivity contribution in [2.45, 2.75) is 76.7 Å². The molecule has 0 spiro atoms. The van der Waals surface area contributed by atoms with E-state index in [2.05, 4.69) is 15.7 Å². The van der Waals surface area contributed by atoms with Crippen molar-refractivity contribution in [1.82, 2.24) is 15.1 Å². The first-order chi connectivity index (χ1) is 14.0. The number of carbonyl (C=O) groups excluding carboxylic acids is 2. The zero-order chi connectivity index (χ0) is 20.5. The van der Waals surface area contributed by atoms with Crippen LogP contribution in [0.1, 0.15) is 62.4 Å². The summed E-state index contributed by atoms with van der Waals surface area (Å²) in [5.41, 5.74) is 0.485. The molecule has 2 amide bonds. The van der Waals surface area contributed by atoms with Crippen LogP contribution in [0.5, 0.6) is 0 Å². The summed E-state index contributed by atoms with van der Waals surface area (Å²) in [6.45, 7) is 2.44. The maximum Gasteiger partial charge on any atom is 0.310 e. The number of hydrogen-bond donors (Lipinski definition) is 3. The molecular weight excluding hydrogens is 376 g/mol. The smallest absolute Gasteiger partial charge is 0.310 e. The van der Waals surface area contributed by atoms with Crippen LogP contribution in [-0.4, -0.2) is 50.9 Å². The molecule has 3 N–H and O–H groups in total. The fraction of sp³-hybridized carbons (Fsp3) is 0.700. The minimum atomic E-state index is -1.02. The van der Waals surface area contributed by atoms with E-state index in [1.165, 1.54) is 6.42 Å². The molecule has 29 heavy (non-hydrogen) atoms. The van der Waals surface area contributed by atoms with Crippen molar-refractivity contribution in [2.24, 2.45) is 11.8 Å². The molecule has 158 valence electrons. The minimum absolute atomic E-state index is 0.127. The van der Waals surface area contributed by atoms with Gasteiger partial charge in [0.1, 0.15) is 0 Å². The Morgan fingerprint density at radius 2 is 1.83 bits per heavy atom. The number of rotatable bonds is 6. The Labute approximate surface area is 169 Å². The molecule has 9 nitrogen and oxygen atoms in total. The number of carbonyl (C=O) groups is 3. The van der Waals surface area contributed by atoms with Gasteiger partial charge in [0.25, 0.3) is 5.91 Å². The van der Waals surface area contributed by atoms with Gasteiger partial charge in [-0.15, -0.1) is 0 Å². The zero-order valence-corrected chi connectivity index (χ0v) is 16.6. The first-order valence-corrected chi connectivity index (χ1v) is 10.6. The van der Waals surface area contributed by atoms with Crippen molar-refractivity contribution in [3.05, 3.63) is 11.9 Å². The summed E-state index contributed by atoms with van der Waals surface area (Å²) >= 11 is 0. The second kappa shape index (κ2) is 8.14. The Hall–Kier alpha value is -2.42. The fourth-order valence-electron chi connectivity index (χ4n) is 4.88. The highest BCUT2D eigenvalue weighted by Crippen LogP contribution is 2.44. The van der Waals surface area contributed by atoms with Crippen LogP contribution >= 0.6 is 0 Å². The highest BCUT2D eigenvalue weighted by atomic mass is 16.5. The van der Waals surface area contributed by atoms with Crippen molar-refractivity contribution < 1.29 is 24.2 Å². The van der Waals surface area contributed by atoms with Crippen LogP contribution in [0.15, 0.2) is 6.20 Å². The first kappa shape index (κ1) is 19.9. The van der Waals surface area contributed by atoms with Gasteiger partial charge in [-0.05, 0) is 32.6 Å². The number of carboxylic acid groups (broad SMARTS) is 1. The summed E-state index contributed by atoms with van der Waals surface area (Å²) in [7, 11) is 0. The van der Waals surface area contributed by atoms with Gasteiger partial charge in [-0.2, -0.15) is 5.10 Å². The lowest BCUT2D eigenvalue weighted by molar-refractivity contribution is -0.147. The van der Waals surface area contributed by atoms with Crippen LogP contribution in [0, 0.1) is 11.8 Å². The number of nitrogens with one attached hydrogen (secondary N) is 2. The molecule has 1 aromatic heterocycles. The second-order valence-corrected chi connectivity index (χ2v) is 8.22. The number of ether oxygens (including phenoxy) is 1. The molecule has 4 atom stereocenters. The number of aromatic nitrogens is 2. The van der Waals surface area contributed by atoms with E-state index in [9.17, 15) is 19.5 Å². The summed E-state index contributed by atoms with van der Waals surface area (Å²) in [5, 5.41) is 19.7. The predicted octanol–water partition coefficient (Wildman–Crippen LogP) is 1.78. The summed E-state index contributed by atoms with van der Waals surface area (Å²) in [6, 6.07) is 0.127. The van der Waals surface area contributed by atoms with Crippen LogP contribution in [0.2, 0.25) is 0 Å². The minimum Gasteiger partial charge on any atom is -0.481 e. The maximum absolute atomic E-state index is 13.0. The van der Waals surface area contributed by atoms with Crippen LogP contribution in [0.25, 0.3) is 0 Å². The van der Waals surface area contributed by atoms with E-state index in [0.29, 0.717) is 25.1 Å². The summed E-state index contributed by atoms with van der Waals surface area (Å²) in [6.07, 6.45) is 7.44. The van der Waals surface area contributed by atoms with E-state index in [1.807, 2.05) is 6.92 Å². The Morgan fingerprint density at radius 1 is 1.14 bits per heavy atom. The van der Waals surface area contributed by atoms with Crippen molar-refractivity contribution in [3.8, 4) is 0 Å². The molecule has 1 aromatic rings. The lowest BCUT2D eigenvalue weighted by atomic mass is 9.78. The Balaban J connectivity index is 1.50. The number of fused-ring (bicyclic) bond motifs is 2. The van der Waals surface area contributed by atoms with Gasteiger partial charge in [0, 0.05) is 18.8 Å². The molecule has 0 aromatic carbocycles. The SMILES string of the molecule is CCn1cc(NC(=O)[C@@H]2[C@@H](C(=O)O)[C@@H]3CC[C@@H]2O3)c(C(=O)NC2CCCCC2)n1. The van der Waals surface area contributed by atoms with E-state index < -0.39 is 29.8 Å². The molecule has 2 aliphatic heterocycles. The largest absolute Gasteiger partial charge is 0.481 e. The molecule has 2 bridgehead atoms. The van der Waals surface area contributed by atoms with Crippen molar-refractivity contribution in [3.63, 3.8) is 0 Å². The van der Waals surface area contributed by atoms with Gasteiger partial charge < -0.3 is 20.5 Å². The van der Waals surface area contributed by atoms with Gasteiger partial charge >= 0.3 is 5.97 Å². The monoisotopic (exact) mass is 404 g/mol. The number of hydrogen-bond acceptors (Lipinski definition) is 5. The molecule has 9 heteroatoms. The molecule has 3 fully saturated rings. The number of anilines is 1. The lowest BCUT2D eigenvalue weighted by Gasteiger charge is -2.24. The average molecular weight is 404 g/mol. The first-order valence-electron chi connectivity index (χ1n) is 10.6. The maximum atomic E-state index is 13.0. The highest BCUT2D eigenvalue weighted by Gasteiger charge is 2.55. The topological polar surface area (TPSA) is 123 Å². The van der Waals surface area contributed by atoms with Crippen molar-refractivity contribution in [2.75, 3.05) is 5.32 Å². The van der Waals surface area contributed by atoms with Gasteiger partial charge in [-0.3, -0.25) is 19.1 Å². The van der Waals surface area contributed by atoms with E-state index in [-0.39, 0.29) is 23.7 Å². The molecule has 0 unspecified atom stereocenters. The van der Waals surface area contributed by atoms with E-state index in [1.54, 1.807) is 10.9 Å². The highest BCUT2D eigenvalue weighted by molar-refractivity contribution is 6.03. The quantitative estimate of drug-likeness (QED) is 0.664. The third-order valence-corrected chi connectivity index (χ3v) is 6.36. The summed E-state index contributed by atoms with van der Waals surface area (Å²) in [5.74, 6) is -3.36. The average Bonchev–Trinajstić information content (AvgIpc) is 3.42. The third-order valence-electron chi connectivity index (χ3n) is 6.36. The molecule has 0 radical (unpaired) electrons. The fourth-order valence-corrected chi connectivity index (χ4v) is 4.88.